The van der Waals surface area contributed by atoms with Crippen LogP contribution in [0.5, 0.6) is 0 Å². The number of pyridine rings is 1. The molecular formula is C22H23N5O3S. The highest BCUT2D eigenvalue weighted by molar-refractivity contribution is 7.20. The zero-order chi connectivity index (χ0) is 22.1. The van der Waals surface area contributed by atoms with Gasteiger partial charge < -0.3 is 19.7 Å². The minimum absolute atomic E-state index is 0.194. The highest BCUT2D eigenvalue weighted by Crippen LogP contribution is 2.32. The number of nitrogens with one attached hydrogen (secondary N) is 1. The molecule has 0 aliphatic rings. The molecule has 0 fully saturated rings. The molecule has 31 heavy (non-hydrogen) atoms. The maximum atomic E-state index is 11.4. The number of thiophene rings is 1. The molecular weight excluding hydrogens is 414 g/mol. The Labute approximate surface area is 183 Å². The van der Waals surface area contributed by atoms with Gasteiger partial charge in [-0.25, -0.2) is 14.8 Å². The van der Waals surface area contributed by atoms with Gasteiger partial charge in [0.25, 0.3) is 0 Å². The molecule has 4 heterocycles. The Morgan fingerprint density at radius 2 is 2.10 bits per heavy atom. The molecule has 4 rings (SSSR count). The molecule has 0 spiro atoms. The number of fused-ring (bicyclic) bond motifs is 1. The summed E-state index contributed by atoms with van der Waals surface area (Å²) in [6, 6.07) is 9.21. The number of carbonyl (C=O) groups is 1. The fourth-order valence-corrected chi connectivity index (χ4v) is 4.28. The lowest BCUT2D eigenvalue weighted by Crippen LogP contribution is -2.11. The number of hydrogen-bond acceptors (Lipinski definition) is 8. The summed E-state index contributed by atoms with van der Waals surface area (Å²) in [6.07, 6.45) is 1.76. The number of anilines is 1. The number of nitrogens with zero attached hydrogens (tertiary/aromatic N) is 4. The van der Waals surface area contributed by atoms with Crippen molar-refractivity contribution in [1.29, 1.82) is 0 Å². The van der Waals surface area contributed by atoms with Crippen LogP contribution < -0.4 is 5.32 Å². The zero-order valence-electron chi connectivity index (χ0n) is 17.7. The lowest BCUT2D eigenvalue weighted by molar-refractivity contribution is 0.0702. The molecule has 1 atom stereocenters. The molecule has 4 aromatic heterocycles. The van der Waals surface area contributed by atoms with Crippen molar-refractivity contribution in [1.82, 2.24) is 19.9 Å². The van der Waals surface area contributed by atoms with Gasteiger partial charge in [0.2, 0.25) is 0 Å². The summed E-state index contributed by atoms with van der Waals surface area (Å²) in [6.45, 7) is 4.51. The summed E-state index contributed by atoms with van der Waals surface area (Å²) in [7, 11) is 4.03. The topological polar surface area (TPSA) is 104 Å². The Hall–Kier alpha value is -3.30. The summed E-state index contributed by atoms with van der Waals surface area (Å²) in [5.74, 6) is 1.62. The minimum Gasteiger partial charge on any atom is -0.477 e. The van der Waals surface area contributed by atoms with Crippen LogP contribution in [0, 0.1) is 6.92 Å². The van der Waals surface area contributed by atoms with E-state index >= 15 is 0 Å². The van der Waals surface area contributed by atoms with Crippen LogP contribution >= 0.6 is 11.3 Å². The van der Waals surface area contributed by atoms with E-state index in [0.717, 1.165) is 34.9 Å². The van der Waals surface area contributed by atoms with Crippen molar-refractivity contribution in [3.05, 3.63) is 58.6 Å². The van der Waals surface area contributed by atoms with Crippen molar-refractivity contribution in [3.8, 4) is 11.5 Å². The number of aryl methyl sites for hydroxylation is 1. The molecule has 160 valence electrons. The molecule has 1 unspecified atom stereocenters. The van der Waals surface area contributed by atoms with Crippen LogP contribution in [0.2, 0.25) is 0 Å². The van der Waals surface area contributed by atoms with Crippen LogP contribution in [0.3, 0.4) is 0 Å². The van der Waals surface area contributed by atoms with E-state index in [-0.39, 0.29) is 10.9 Å². The zero-order valence-corrected chi connectivity index (χ0v) is 18.5. The highest BCUT2D eigenvalue weighted by Gasteiger charge is 2.19. The van der Waals surface area contributed by atoms with E-state index in [2.05, 4.69) is 25.2 Å². The van der Waals surface area contributed by atoms with Crippen LogP contribution in [0.15, 0.2) is 40.9 Å². The first kappa shape index (κ1) is 21.0. The van der Waals surface area contributed by atoms with Gasteiger partial charge >= 0.3 is 5.97 Å². The van der Waals surface area contributed by atoms with Crippen molar-refractivity contribution < 1.29 is 14.3 Å². The van der Waals surface area contributed by atoms with Crippen LogP contribution in [0.1, 0.15) is 39.8 Å². The number of carboxylic acids is 1. The highest BCUT2D eigenvalue weighted by atomic mass is 32.1. The fourth-order valence-electron chi connectivity index (χ4n) is 3.36. The quantitative estimate of drug-likeness (QED) is 0.433. The van der Waals surface area contributed by atoms with E-state index < -0.39 is 5.97 Å². The average molecular weight is 438 g/mol. The number of aromatic nitrogens is 3. The van der Waals surface area contributed by atoms with Crippen molar-refractivity contribution >= 4 is 33.3 Å². The second kappa shape index (κ2) is 8.44. The van der Waals surface area contributed by atoms with Crippen LogP contribution in [0.25, 0.3) is 21.7 Å². The van der Waals surface area contributed by atoms with Gasteiger partial charge in [0, 0.05) is 12.7 Å². The number of hydrogen-bond donors (Lipinski definition) is 2. The monoisotopic (exact) mass is 437 g/mol. The van der Waals surface area contributed by atoms with Gasteiger partial charge in [-0.15, -0.1) is 11.3 Å². The van der Waals surface area contributed by atoms with Gasteiger partial charge in [0.15, 0.2) is 5.76 Å². The van der Waals surface area contributed by atoms with Crippen molar-refractivity contribution in [2.24, 2.45) is 0 Å². The molecule has 8 nitrogen and oxygen atoms in total. The average Bonchev–Trinajstić information content (AvgIpc) is 3.35. The Bertz CT molecular complexity index is 1250. The van der Waals surface area contributed by atoms with Crippen molar-refractivity contribution in [2.45, 2.75) is 26.4 Å². The standard InChI is InChI=1S/C22H23N5O3S/c1-12(24-20-15-10-18(22(28)29)31-21(15)26-13(2)25-20)16-7-8-17(30-16)19-14(11-27(3)4)6-5-9-23-19/h5-10,12H,11H2,1-4H3,(H,28,29)(H,24,25,26). The number of furan rings is 1. The van der Waals surface area contributed by atoms with E-state index in [1.54, 1.807) is 19.2 Å². The van der Waals surface area contributed by atoms with Gasteiger partial charge in [-0.3, -0.25) is 4.98 Å². The second-order valence-corrected chi connectivity index (χ2v) is 8.60. The minimum atomic E-state index is -0.973. The van der Waals surface area contributed by atoms with Crippen LogP contribution in [0.4, 0.5) is 5.82 Å². The Kier molecular flexibility index (Phi) is 5.71. The molecule has 0 radical (unpaired) electrons. The summed E-state index contributed by atoms with van der Waals surface area (Å²) in [5.41, 5.74) is 1.90. The fraction of sp³-hybridized carbons (Fsp3) is 0.273. The van der Waals surface area contributed by atoms with Crippen LogP contribution in [-0.4, -0.2) is 45.0 Å². The van der Waals surface area contributed by atoms with Gasteiger partial charge in [-0.1, -0.05) is 6.07 Å². The first-order chi connectivity index (χ1) is 14.8. The lowest BCUT2D eigenvalue weighted by Gasteiger charge is -2.14. The first-order valence-electron chi connectivity index (χ1n) is 9.78. The Morgan fingerprint density at radius 1 is 1.29 bits per heavy atom. The lowest BCUT2D eigenvalue weighted by atomic mass is 10.1. The normalized spacial score (nSPS) is 12.4. The molecule has 0 amide bonds. The van der Waals surface area contributed by atoms with E-state index in [4.69, 9.17) is 4.42 Å². The van der Waals surface area contributed by atoms with E-state index in [1.165, 1.54) is 0 Å². The second-order valence-electron chi connectivity index (χ2n) is 7.57. The third kappa shape index (κ3) is 4.42. The van der Waals surface area contributed by atoms with Gasteiger partial charge in [-0.05, 0) is 57.8 Å². The molecule has 9 heteroatoms. The maximum absolute atomic E-state index is 11.4. The van der Waals surface area contributed by atoms with Gasteiger partial charge in [0.1, 0.15) is 32.8 Å². The molecule has 0 aliphatic heterocycles. The van der Waals surface area contributed by atoms with E-state index in [9.17, 15) is 9.90 Å². The summed E-state index contributed by atoms with van der Waals surface area (Å²) >= 11 is 1.14. The molecule has 0 bridgehead atoms. The predicted octanol–water partition coefficient (Wildman–Crippen LogP) is 4.59. The predicted molar refractivity (Wildman–Crippen MR) is 120 cm³/mol. The molecule has 0 aliphatic carbocycles. The summed E-state index contributed by atoms with van der Waals surface area (Å²) in [5, 5.41) is 13.3. The molecule has 0 saturated carbocycles. The van der Waals surface area contributed by atoms with Gasteiger partial charge in [0.05, 0.1) is 11.4 Å². The van der Waals surface area contributed by atoms with Gasteiger partial charge in [-0.2, -0.15) is 0 Å². The number of aromatic carboxylic acids is 1. The number of rotatable bonds is 7. The Morgan fingerprint density at radius 3 is 2.84 bits per heavy atom. The maximum Gasteiger partial charge on any atom is 0.345 e. The van der Waals surface area contributed by atoms with E-state index in [1.807, 2.05) is 45.3 Å². The third-order valence-corrected chi connectivity index (χ3v) is 5.75. The molecule has 0 aromatic carbocycles. The largest absolute Gasteiger partial charge is 0.477 e. The smallest absolute Gasteiger partial charge is 0.345 e. The molecule has 4 aromatic rings. The van der Waals surface area contributed by atoms with Crippen LogP contribution in [-0.2, 0) is 6.54 Å². The number of carboxylic acid groups (broad SMARTS) is 1. The summed E-state index contributed by atoms with van der Waals surface area (Å²) < 4.78 is 6.13. The molecule has 0 saturated heterocycles. The summed E-state index contributed by atoms with van der Waals surface area (Å²) in [4.78, 5) is 27.7. The van der Waals surface area contributed by atoms with E-state index in [0.29, 0.717) is 27.6 Å². The Balaban J connectivity index is 1.62. The SMILES string of the molecule is Cc1nc(NC(C)c2ccc(-c3ncccc3CN(C)C)o2)c2cc(C(=O)O)sc2n1. The molecule has 2 N–H and O–H groups in total. The third-order valence-electron chi connectivity index (χ3n) is 4.73. The first-order valence-corrected chi connectivity index (χ1v) is 10.6. The van der Waals surface area contributed by atoms with Crippen molar-refractivity contribution in [2.75, 3.05) is 19.4 Å². The van der Waals surface area contributed by atoms with Crippen molar-refractivity contribution in [3.63, 3.8) is 0 Å².